The molecule has 46 heavy (non-hydrogen) atoms. The smallest absolute Gasteiger partial charge is 0.251 e. The molecule has 0 bridgehead atoms. The zero-order valence-electron chi connectivity index (χ0n) is 25.0. The Bertz CT molecular complexity index is 1580. The van der Waals surface area contributed by atoms with Crippen molar-refractivity contribution in [3.63, 3.8) is 0 Å². The second-order valence-electron chi connectivity index (χ2n) is 10.3. The molecule has 0 saturated carbocycles. The van der Waals surface area contributed by atoms with Gasteiger partial charge in [-0.2, -0.15) is 0 Å². The van der Waals surface area contributed by atoms with Crippen LogP contribution in [0.1, 0.15) is 22.3 Å². The Kier molecular flexibility index (Phi) is 10.9. The van der Waals surface area contributed by atoms with Gasteiger partial charge in [0.15, 0.2) is 12.1 Å². The van der Waals surface area contributed by atoms with E-state index in [0.717, 1.165) is 22.3 Å². The zero-order valence-corrected chi connectivity index (χ0v) is 25.0. The van der Waals surface area contributed by atoms with Gasteiger partial charge in [0.2, 0.25) is 0 Å². The predicted molar refractivity (Wildman–Crippen MR) is 182 cm³/mol. The van der Waals surface area contributed by atoms with Gasteiger partial charge in [0, 0.05) is 22.3 Å². The van der Waals surface area contributed by atoms with E-state index in [-0.39, 0.29) is 0 Å². The van der Waals surface area contributed by atoms with Crippen molar-refractivity contribution >= 4 is 34.6 Å². The van der Waals surface area contributed by atoms with Crippen LogP contribution < -0.4 is 10.6 Å². The van der Waals surface area contributed by atoms with Crippen molar-refractivity contribution in [1.29, 1.82) is 0 Å². The highest BCUT2D eigenvalue weighted by atomic mass is 16.3. The van der Waals surface area contributed by atoms with E-state index in [2.05, 4.69) is 20.6 Å². The summed E-state index contributed by atoms with van der Waals surface area (Å²) in [6.07, 6.45) is 0. The summed E-state index contributed by atoms with van der Waals surface area (Å²) in [6, 6.07) is 42.2. The van der Waals surface area contributed by atoms with Gasteiger partial charge in [-0.05, 0) is 12.1 Å². The first-order valence-electron chi connectivity index (χ1n) is 14.9. The summed E-state index contributed by atoms with van der Waals surface area (Å²) in [5.41, 5.74) is 4.94. The van der Waals surface area contributed by atoms with Gasteiger partial charge in [0.25, 0.3) is 11.8 Å². The molecule has 0 saturated heterocycles. The minimum Gasteiger partial charge on any atom is -0.394 e. The lowest BCUT2D eigenvalue weighted by Crippen LogP contribution is -2.33. The fourth-order valence-corrected chi connectivity index (χ4v) is 4.83. The van der Waals surface area contributed by atoms with Gasteiger partial charge >= 0.3 is 0 Å². The lowest BCUT2D eigenvalue weighted by molar-refractivity contribution is -0.119. The lowest BCUT2D eigenvalue weighted by atomic mass is 10.0. The minimum atomic E-state index is -1.13. The van der Waals surface area contributed by atoms with Crippen molar-refractivity contribution in [2.45, 2.75) is 12.1 Å². The highest BCUT2D eigenvalue weighted by molar-refractivity contribution is 6.15. The van der Waals surface area contributed by atoms with Gasteiger partial charge in [-0.3, -0.25) is 19.6 Å². The Balaban J connectivity index is 1.39. The molecule has 5 aromatic carbocycles. The van der Waals surface area contributed by atoms with E-state index in [9.17, 15) is 19.8 Å². The van der Waals surface area contributed by atoms with Crippen LogP contribution in [0.4, 0.5) is 11.4 Å². The van der Waals surface area contributed by atoms with Crippen molar-refractivity contribution in [2.24, 2.45) is 9.98 Å². The summed E-state index contributed by atoms with van der Waals surface area (Å²) in [4.78, 5) is 36.3. The van der Waals surface area contributed by atoms with Crippen LogP contribution in [-0.4, -0.2) is 58.7 Å². The Morgan fingerprint density at radius 1 is 0.457 bits per heavy atom. The van der Waals surface area contributed by atoms with Crippen LogP contribution in [-0.2, 0) is 9.59 Å². The number of aliphatic imine (C=N–C) groups is 2. The summed E-state index contributed by atoms with van der Waals surface area (Å²) >= 11 is 0. The molecule has 0 aliphatic heterocycles. The summed E-state index contributed by atoms with van der Waals surface area (Å²) in [5, 5.41) is 26.1. The molecule has 5 aromatic rings. The Morgan fingerprint density at radius 2 is 0.717 bits per heavy atom. The molecule has 0 aliphatic rings. The molecule has 230 valence electrons. The number of benzene rings is 5. The number of carbonyl (C=O) groups excluding carboxylic acids is 2. The molecule has 2 atom stereocenters. The predicted octanol–water partition coefficient (Wildman–Crippen LogP) is 5.36. The maximum atomic E-state index is 13.5. The minimum absolute atomic E-state index is 0.308. The molecule has 0 spiro atoms. The fourth-order valence-electron chi connectivity index (χ4n) is 4.83. The molecule has 5 rings (SSSR count). The van der Waals surface area contributed by atoms with Crippen LogP contribution in [0.15, 0.2) is 156 Å². The number of hydrogen-bond acceptors (Lipinski definition) is 6. The first-order valence-corrected chi connectivity index (χ1v) is 14.9. The third kappa shape index (κ3) is 8.06. The number of nitrogens with zero attached hydrogens (tertiary/aromatic N) is 2. The van der Waals surface area contributed by atoms with E-state index in [4.69, 9.17) is 0 Å². The number of rotatable bonds is 12. The second-order valence-corrected chi connectivity index (χ2v) is 10.3. The molecule has 0 radical (unpaired) electrons. The van der Waals surface area contributed by atoms with Crippen molar-refractivity contribution in [3.8, 4) is 0 Å². The van der Waals surface area contributed by atoms with Crippen molar-refractivity contribution in [3.05, 3.63) is 168 Å². The fraction of sp³-hybridized carbons (Fsp3) is 0.105. The molecule has 0 aromatic heterocycles. The summed E-state index contributed by atoms with van der Waals surface area (Å²) in [6.45, 7) is -1.07. The Morgan fingerprint density at radius 3 is 0.978 bits per heavy atom. The van der Waals surface area contributed by atoms with Crippen LogP contribution in [0.5, 0.6) is 0 Å². The van der Waals surface area contributed by atoms with Gasteiger partial charge in [0.05, 0.1) is 36.0 Å². The lowest BCUT2D eigenvalue weighted by Gasteiger charge is -2.18. The third-order valence-corrected chi connectivity index (χ3v) is 7.15. The maximum Gasteiger partial charge on any atom is 0.251 e. The second kappa shape index (κ2) is 15.9. The standard InChI is InChI=1S/C38H34N4O4/c43-25-33(39-35(27-15-5-1-6-16-27)28-17-7-2-8-18-28)37(45)41-31-23-13-14-24-32(31)42-38(46)34(26-44)40-36(29-19-9-3-10-20-29)30-21-11-4-12-22-30/h1-24,33-34,43-44H,25-26H2,(H,41,45)(H,42,46)/t33-,34-/m0/s1. The van der Waals surface area contributed by atoms with Crippen molar-refractivity contribution < 1.29 is 19.8 Å². The molecular formula is C38H34N4O4. The highest BCUT2D eigenvalue weighted by Gasteiger charge is 2.23. The largest absolute Gasteiger partial charge is 0.394 e. The number of nitrogens with one attached hydrogen (secondary N) is 2. The number of hydrogen-bond donors (Lipinski definition) is 4. The van der Waals surface area contributed by atoms with Crippen LogP contribution in [0.3, 0.4) is 0 Å². The molecule has 0 heterocycles. The number of carbonyl (C=O) groups is 2. The zero-order chi connectivity index (χ0) is 32.1. The third-order valence-electron chi connectivity index (χ3n) is 7.15. The summed E-state index contributed by atoms with van der Waals surface area (Å²) < 4.78 is 0. The number of aliphatic hydroxyl groups excluding tert-OH is 2. The molecular weight excluding hydrogens is 576 g/mol. The van der Waals surface area contributed by atoms with Crippen molar-refractivity contribution in [2.75, 3.05) is 23.8 Å². The molecule has 4 N–H and O–H groups in total. The first kappa shape index (κ1) is 31.7. The topological polar surface area (TPSA) is 123 Å². The highest BCUT2D eigenvalue weighted by Crippen LogP contribution is 2.23. The van der Waals surface area contributed by atoms with Crippen LogP contribution in [0.25, 0.3) is 0 Å². The molecule has 0 aliphatic carbocycles. The monoisotopic (exact) mass is 610 g/mol. The Labute approximate surface area is 267 Å². The number of anilines is 2. The maximum absolute atomic E-state index is 13.5. The number of para-hydroxylation sites is 2. The molecule has 0 fully saturated rings. The van der Waals surface area contributed by atoms with Gasteiger partial charge in [-0.25, -0.2) is 0 Å². The average molecular weight is 611 g/mol. The van der Waals surface area contributed by atoms with Crippen molar-refractivity contribution in [1.82, 2.24) is 0 Å². The van der Waals surface area contributed by atoms with E-state index in [0.29, 0.717) is 22.8 Å². The summed E-state index contributed by atoms with van der Waals surface area (Å²) in [5.74, 6) is -1.11. The van der Waals surface area contributed by atoms with E-state index in [1.165, 1.54) is 0 Å². The Hall–Kier alpha value is -5.70. The number of amides is 2. The molecule has 0 unspecified atom stereocenters. The van der Waals surface area contributed by atoms with Gasteiger partial charge in [-0.1, -0.05) is 133 Å². The van der Waals surface area contributed by atoms with E-state index in [1.54, 1.807) is 24.3 Å². The first-order chi connectivity index (χ1) is 22.6. The molecule has 8 heteroatoms. The van der Waals surface area contributed by atoms with Crippen LogP contribution >= 0.6 is 0 Å². The normalized spacial score (nSPS) is 11.9. The average Bonchev–Trinajstić information content (AvgIpc) is 3.11. The molecule has 8 nitrogen and oxygen atoms in total. The van der Waals surface area contributed by atoms with Gasteiger partial charge in [0.1, 0.15) is 0 Å². The van der Waals surface area contributed by atoms with E-state index >= 15 is 0 Å². The van der Waals surface area contributed by atoms with Crippen LogP contribution in [0, 0.1) is 0 Å². The van der Waals surface area contributed by atoms with Gasteiger partial charge < -0.3 is 20.8 Å². The SMILES string of the molecule is O=C(Nc1ccccc1NC(=O)[C@H](CO)N=C(c1ccccc1)c1ccccc1)[C@H](CO)N=C(c1ccccc1)c1ccccc1. The van der Waals surface area contributed by atoms with Crippen LogP contribution in [0.2, 0.25) is 0 Å². The van der Waals surface area contributed by atoms with E-state index in [1.807, 2.05) is 121 Å². The van der Waals surface area contributed by atoms with Gasteiger partial charge in [-0.15, -0.1) is 0 Å². The molecule has 2 amide bonds. The van der Waals surface area contributed by atoms with E-state index < -0.39 is 37.1 Å². The number of aliphatic hydroxyl groups is 2. The quantitative estimate of drug-likeness (QED) is 0.142. The summed E-state index contributed by atoms with van der Waals surface area (Å²) in [7, 11) is 0.